The normalized spacial score (nSPS) is 10.4. The molecule has 0 aliphatic carbocycles. The van der Waals surface area contributed by atoms with Crippen LogP contribution in [0.15, 0.2) is 0 Å². The molecule has 94 valence electrons. The van der Waals surface area contributed by atoms with Gasteiger partial charge in [0, 0.05) is 19.6 Å². The molecule has 0 saturated carbocycles. The highest BCUT2D eigenvalue weighted by Crippen LogP contribution is 1.87. The van der Waals surface area contributed by atoms with Crippen LogP contribution in [0.2, 0.25) is 0 Å². The van der Waals surface area contributed by atoms with Gasteiger partial charge in [0.1, 0.15) is 0 Å². The average Bonchev–Trinajstić information content (AvgIpc) is 2.15. The number of nitrogens with zero attached hydrogens (tertiary/aromatic N) is 2. The van der Waals surface area contributed by atoms with Crippen molar-refractivity contribution < 1.29 is 5.21 Å². The Labute approximate surface area is 95.2 Å². The Morgan fingerprint density at radius 2 is 1.60 bits per heavy atom. The predicted octanol–water partition coefficient (Wildman–Crippen LogP) is 1.27. The summed E-state index contributed by atoms with van der Waals surface area (Å²) in [5, 5.41) is 13.6. The third-order valence-electron chi connectivity index (χ3n) is 1.64. The molecule has 4 nitrogen and oxygen atoms in total. The maximum Gasteiger partial charge on any atom is 0.0363 e. The van der Waals surface area contributed by atoms with Gasteiger partial charge in [0.2, 0.25) is 0 Å². The summed E-state index contributed by atoms with van der Waals surface area (Å²) in [7, 11) is 5.96. The van der Waals surface area contributed by atoms with Gasteiger partial charge in [0.25, 0.3) is 0 Å². The van der Waals surface area contributed by atoms with Gasteiger partial charge in [-0.1, -0.05) is 20.3 Å². The minimum absolute atomic E-state index is 0.698. The number of nitrogens with one attached hydrogen (secondary N) is 1. The van der Waals surface area contributed by atoms with Gasteiger partial charge in [-0.2, -0.15) is 5.06 Å². The van der Waals surface area contributed by atoms with E-state index in [0.717, 1.165) is 26.1 Å². The Morgan fingerprint density at radius 1 is 1.07 bits per heavy atom. The second-order valence-electron chi connectivity index (χ2n) is 3.92. The first-order valence-electron chi connectivity index (χ1n) is 5.81. The maximum absolute atomic E-state index is 9.27. The summed E-state index contributed by atoms with van der Waals surface area (Å²) in [6.45, 7) is 7.55. The average molecular weight is 219 g/mol. The Bertz CT molecular complexity index is 110. The second-order valence-corrected chi connectivity index (χ2v) is 3.92. The monoisotopic (exact) mass is 219 g/mol. The van der Waals surface area contributed by atoms with Gasteiger partial charge in [-0.25, -0.2) is 0 Å². The van der Waals surface area contributed by atoms with Crippen molar-refractivity contribution >= 4 is 0 Å². The lowest BCUT2D eigenvalue weighted by Crippen LogP contribution is -2.30. The molecule has 0 fully saturated rings. The lowest BCUT2D eigenvalue weighted by molar-refractivity contribution is -0.0901. The van der Waals surface area contributed by atoms with Crippen molar-refractivity contribution in [2.45, 2.75) is 26.7 Å². The van der Waals surface area contributed by atoms with Crippen LogP contribution in [0.25, 0.3) is 0 Å². The number of hydrogen-bond acceptors (Lipinski definition) is 4. The molecule has 0 bridgehead atoms. The molecule has 0 unspecified atom stereocenters. The van der Waals surface area contributed by atoms with Crippen molar-refractivity contribution in [2.75, 3.05) is 47.3 Å². The molecule has 0 saturated heterocycles. The Balaban J connectivity index is 0. The van der Waals surface area contributed by atoms with Crippen LogP contribution in [0.5, 0.6) is 0 Å². The largest absolute Gasteiger partial charge is 0.318 e. The first-order chi connectivity index (χ1) is 7.08. The van der Waals surface area contributed by atoms with E-state index in [0.29, 0.717) is 6.54 Å². The molecule has 0 radical (unpaired) electrons. The summed E-state index contributed by atoms with van der Waals surface area (Å²) in [4.78, 5) is 2.12. The highest BCUT2D eigenvalue weighted by molar-refractivity contribution is 4.50. The molecule has 2 N–H and O–H groups in total. The zero-order valence-electron chi connectivity index (χ0n) is 11.1. The van der Waals surface area contributed by atoms with E-state index in [4.69, 9.17) is 0 Å². The van der Waals surface area contributed by atoms with Crippen molar-refractivity contribution in [1.82, 2.24) is 15.3 Å². The van der Waals surface area contributed by atoms with Gasteiger partial charge < -0.3 is 15.4 Å². The third-order valence-corrected chi connectivity index (χ3v) is 1.64. The standard InChI is InChI=1S/C8H21N3O.C3H8/c1-9-5-8-11(12)7-4-6-10(2)3;1-3-2/h9,12H,4-8H2,1-3H3;3H2,1-2H3. The zero-order valence-corrected chi connectivity index (χ0v) is 11.1. The van der Waals surface area contributed by atoms with E-state index in [1.165, 1.54) is 11.5 Å². The molecule has 0 aromatic carbocycles. The van der Waals surface area contributed by atoms with Crippen molar-refractivity contribution in [3.63, 3.8) is 0 Å². The lowest BCUT2D eigenvalue weighted by atomic mass is 10.4. The van der Waals surface area contributed by atoms with Gasteiger partial charge in [-0.3, -0.25) is 0 Å². The molecule has 0 heterocycles. The minimum atomic E-state index is 0.698. The molecular weight excluding hydrogens is 190 g/mol. The molecule has 0 aliphatic heterocycles. The fourth-order valence-corrected chi connectivity index (χ4v) is 0.922. The molecule has 0 amide bonds. The zero-order chi connectivity index (χ0) is 12.1. The van der Waals surface area contributed by atoms with Crippen molar-refractivity contribution in [3.8, 4) is 0 Å². The summed E-state index contributed by atoms with van der Waals surface area (Å²) in [6, 6.07) is 0. The lowest BCUT2D eigenvalue weighted by Gasteiger charge is -2.15. The van der Waals surface area contributed by atoms with E-state index < -0.39 is 0 Å². The summed E-state index contributed by atoms with van der Waals surface area (Å²) in [6.07, 6.45) is 2.26. The molecule has 0 rings (SSSR count). The minimum Gasteiger partial charge on any atom is -0.318 e. The van der Waals surface area contributed by atoms with Gasteiger partial charge in [-0.05, 0) is 34.1 Å². The van der Waals surface area contributed by atoms with Crippen LogP contribution < -0.4 is 5.32 Å². The first kappa shape index (κ1) is 17.2. The second kappa shape index (κ2) is 13.8. The summed E-state index contributed by atoms with van der Waals surface area (Å²) in [5.74, 6) is 0. The van der Waals surface area contributed by atoms with E-state index >= 15 is 0 Å². The fraction of sp³-hybridized carbons (Fsp3) is 1.00. The SMILES string of the molecule is CCC.CNCCN(O)CCCN(C)C. The van der Waals surface area contributed by atoms with Crippen molar-refractivity contribution in [3.05, 3.63) is 0 Å². The molecule has 15 heavy (non-hydrogen) atoms. The van der Waals surface area contributed by atoms with Crippen LogP contribution in [-0.4, -0.2) is 62.5 Å². The summed E-state index contributed by atoms with van der Waals surface area (Å²) in [5.41, 5.74) is 0. The highest BCUT2D eigenvalue weighted by Gasteiger charge is 1.98. The number of likely N-dealkylation sites (N-methyl/N-ethyl adjacent to an activating group) is 1. The Kier molecular flexibility index (Phi) is 15.9. The van der Waals surface area contributed by atoms with E-state index in [1.54, 1.807) is 0 Å². The summed E-state index contributed by atoms with van der Waals surface area (Å²) >= 11 is 0. The molecule has 0 aliphatic rings. The van der Waals surface area contributed by atoms with Crippen LogP contribution in [0, 0.1) is 0 Å². The number of rotatable bonds is 7. The van der Waals surface area contributed by atoms with E-state index in [9.17, 15) is 5.21 Å². The van der Waals surface area contributed by atoms with Gasteiger partial charge in [0.15, 0.2) is 0 Å². The predicted molar refractivity (Wildman–Crippen MR) is 66.4 cm³/mol. The topological polar surface area (TPSA) is 38.7 Å². The molecule has 0 atom stereocenters. The third kappa shape index (κ3) is 20.0. The first-order valence-corrected chi connectivity index (χ1v) is 5.81. The van der Waals surface area contributed by atoms with Crippen molar-refractivity contribution in [1.29, 1.82) is 0 Å². The quantitative estimate of drug-likeness (QED) is 0.632. The van der Waals surface area contributed by atoms with Crippen LogP contribution in [0.1, 0.15) is 26.7 Å². The Morgan fingerprint density at radius 3 is 2.00 bits per heavy atom. The van der Waals surface area contributed by atoms with Gasteiger partial charge >= 0.3 is 0 Å². The van der Waals surface area contributed by atoms with Gasteiger partial charge in [-0.15, -0.1) is 0 Å². The van der Waals surface area contributed by atoms with E-state index in [2.05, 4.69) is 24.1 Å². The molecule has 0 spiro atoms. The number of hydroxylamine groups is 2. The smallest absolute Gasteiger partial charge is 0.0363 e. The van der Waals surface area contributed by atoms with Crippen molar-refractivity contribution in [2.24, 2.45) is 0 Å². The van der Waals surface area contributed by atoms with E-state index in [1.807, 2.05) is 21.1 Å². The number of hydrogen-bond donors (Lipinski definition) is 2. The Hall–Kier alpha value is -0.160. The highest BCUT2D eigenvalue weighted by atomic mass is 16.5. The van der Waals surface area contributed by atoms with Crippen LogP contribution in [0.3, 0.4) is 0 Å². The molecule has 4 heteroatoms. The molecular formula is C11H29N3O. The van der Waals surface area contributed by atoms with Crippen LogP contribution in [0.4, 0.5) is 0 Å². The fourth-order valence-electron chi connectivity index (χ4n) is 0.922. The molecule has 0 aromatic heterocycles. The molecule has 0 aromatic rings. The van der Waals surface area contributed by atoms with Crippen LogP contribution in [-0.2, 0) is 0 Å². The van der Waals surface area contributed by atoms with Crippen LogP contribution >= 0.6 is 0 Å². The maximum atomic E-state index is 9.27. The van der Waals surface area contributed by atoms with Gasteiger partial charge in [0.05, 0.1) is 0 Å². The van der Waals surface area contributed by atoms with E-state index in [-0.39, 0.29) is 0 Å². The summed E-state index contributed by atoms with van der Waals surface area (Å²) < 4.78 is 0.